The molecule has 2 unspecified atom stereocenters. The molecule has 1 saturated heterocycles. The number of hydrogen-bond acceptors (Lipinski definition) is 4. The van der Waals surface area contributed by atoms with E-state index in [0.717, 1.165) is 12.8 Å². The lowest BCUT2D eigenvalue weighted by molar-refractivity contribution is -0.126. The van der Waals surface area contributed by atoms with Crippen molar-refractivity contribution in [3.8, 4) is 17.6 Å². The summed E-state index contributed by atoms with van der Waals surface area (Å²) in [4.78, 5) is 12.2. The second-order valence-electron chi connectivity index (χ2n) is 4.88. The summed E-state index contributed by atoms with van der Waals surface area (Å²) < 4.78 is 10.8. The molecule has 1 amide bonds. The van der Waals surface area contributed by atoms with Crippen molar-refractivity contribution in [3.05, 3.63) is 23.8 Å². The number of ether oxygens (including phenoxy) is 2. The van der Waals surface area contributed by atoms with Crippen LogP contribution in [0.2, 0.25) is 0 Å². The predicted octanol–water partition coefficient (Wildman–Crippen LogP) is 1.54. The van der Waals surface area contributed by atoms with Gasteiger partial charge in [-0.05, 0) is 38.0 Å². The van der Waals surface area contributed by atoms with Gasteiger partial charge in [0.05, 0.1) is 18.9 Å². The Morgan fingerprint density at radius 1 is 1.52 bits per heavy atom. The Balaban J connectivity index is 2.15. The van der Waals surface area contributed by atoms with Gasteiger partial charge in [-0.25, -0.2) is 0 Å². The van der Waals surface area contributed by atoms with Crippen molar-refractivity contribution in [1.82, 2.24) is 0 Å². The monoisotopic (exact) mass is 289 g/mol. The predicted molar refractivity (Wildman–Crippen MR) is 79.2 cm³/mol. The van der Waals surface area contributed by atoms with Gasteiger partial charge in [-0.2, -0.15) is 0 Å². The molecule has 21 heavy (non-hydrogen) atoms. The maximum atomic E-state index is 12.2. The van der Waals surface area contributed by atoms with Crippen LogP contribution in [0, 0.1) is 11.8 Å². The number of rotatable bonds is 3. The third kappa shape index (κ3) is 3.97. The van der Waals surface area contributed by atoms with E-state index < -0.39 is 6.10 Å². The van der Waals surface area contributed by atoms with Crippen molar-refractivity contribution in [2.24, 2.45) is 0 Å². The number of aliphatic hydroxyl groups excluding tert-OH is 1. The molecule has 5 nitrogen and oxygen atoms in total. The highest BCUT2D eigenvalue weighted by atomic mass is 16.5. The van der Waals surface area contributed by atoms with E-state index in [2.05, 4.69) is 17.2 Å². The number of nitrogens with one attached hydrogen (secondary N) is 1. The number of carbonyl (C=O) groups is 1. The summed E-state index contributed by atoms with van der Waals surface area (Å²) in [6.07, 6.45) is 1.30. The molecule has 1 aliphatic heterocycles. The van der Waals surface area contributed by atoms with Crippen molar-refractivity contribution in [2.75, 3.05) is 19.0 Å². The fourth-order valence-corrected chi connectivity index (χ4v) is 2.23. The molecule has 0 aliphatic carbocycles. The van der Waals surface area contributed by atoms with Crippen LogP contribution in [0.1, 0.15) is 25.3 Å². The Morgan fingerprint density at radius 3 is 2.95 bits per heavy atom. The summed E-state index contributed by atoms with van der Waals surface area (Å²) in [6, 6.07) is 5.22. The van der Waals surface area contributed by atoms with Crippen LogP contribution in [0.5, 0.6) is 5.75 Å². The first-order valence-corrected chi connectivity index (χ1v) is 6.88. The van der Waals surface area contributed by atoms with Crippen molar-refractivity contribution in [1.29, 1.82) is 0 Å². The quantitative estimate of drug-likeness (QED) is 0.828. The minimum atomic E-state index is -0.420. The Labute approximate surface area is 124 Å². The molecule has 1 fully saturated rings. The Bertz CT molecular complexity index is 573. The molecule has 112 valence electrons. The molecule has 1 aliphatic rings. The molecule has 1 aromatic carbocycles. The molecular weight excluding hydrogens is 270 g/mol. The van der Waals surface area contributed by atoms with Crippen molar-refractivity contribution < 1.29 is 19.4 Å². The van der Waals surface area contributed by atoms with Gasteiger partial charge in [0, 0.05) is 5.56 Å². The number of benzene rings is 1. The maximum Gasteiger partial charge on any atom is 0.253 e. The fourth-order valence-electron chi connectivity index (χ4n) is 2.23. The van der Waals surface area contributed by atoms with Crippen molar-refractivity contribution in [3.63, 3.8) is 0 Å². The number of amides is 1. The number of methoxy groups -OCH3 is 1. The van der Waals surface area contributed by atoms with Gasteiger partial charge in [0.1, 0.15) is 18.5 Å². The molecule has 2 atom stereocenters. The minimum Gasteiger partial charge on any atom is -0.495 e. The number of anilines is 1. The molecule has 2 rings (SSSR count). The van der Waals surface area contributed by atoms with Crippen LogP contribution in [0.15, 0.2) is 18.2 Å². The molecule has 0 aromatic heterocycles. The zero-order chi connectivity index (χ0) is 15.2. The van der Waals surface area contributed by atoms with E-state index in [-0.39, 0.29) is 18.6 Å². The summed E-state index contributed by atoms with van der Waals surface area (Å²) in [5.41, 5.74) is 1.25. The average molecular weight is 289 g/mol. The standard InChI is InChI=1S/C16H19NO4/c1-11-5-7-15(21-11)16(19)17-13-10-12(4-3-9-18)6-8-14(13)20-2/h6,8,10-11,15,18H,5,7,9H2,1-2H3,(H,17,19). The van der Waals surface area contributed by atoms with E-state index >= 15 is 0 Å². The van der Waals surface area contributed by atoms with Crippen LogP contribution in [0.25, 0.3) is 0 Å². The second-order valence-corrected chi connectivity index (χ2v) is 4.88. The second kappa shape index (κ2) is 7.11. The molecule has 2 N–H and O–H groups in total. The van der Waals surface area contributed by atoms with Gasteiger partial charge < -0.3 is 19.9 Å². The summed E-state index contributed by atoms with van der Waals surface area (Å²) in [6.45, 7) is 1.75. The smallest absolute Gasteiger partial charge is 0.253 e. The van der Waals surface area contributed by atoms with Crippen LogP contribution >= 0.6 is 0 Å². The number of aliphatic hydroxyl groups is 1. The lowest BCUT2D eigenvalue weighted by Gasteiger charge is -2.14. The van der Waals surface area contributed by atoms with Gasteiger partial charge in [-0.15, -0.1) is 0 Å². The van der Waals surface area contributed by atoms with Crippen LogP contribution in [-0.2, 0) is 9.53 Å². The van der Waals surface area contributed by atoms with Crippen LogP contribution < -0.4 is 10.1 Å². The van der Waals surface area contributed by atoms with Crippen molar-refractivity contribution >= 4 is 11.6 Å². The summed E-state index contributed by atoms with van der Waals surface area (Å²) >= 11 is 0. The summed E-state index contributed by atoms with van der Waals surface area (Å²) in [5.74, 6) is 5.75. The highest BCUT2D eigenvalue weighted by molar-refractivity contribution is 5.95. The van der Waals surface area contributed by atoms with E-state index in [9.17, 15) is 4.79 Å². The Hall–Kier alpha value is -2.03. The van der Waals surface area contributed by atoms with E-state index in [4.69, 9.17) is 14.6 Å². The molecule has 5 heteroatoms. The molecule has 0 radical (unpaired) electrons. The number of carbonyl (C=O) groups excluding carboxylic acids is 1. The van der Waals surface area contributed by atoms with E-state index in [0.29, 0.717) is 17.0 Å². The molecular formula is C16H19NO4. The zero-order valence-electron chi connectivity index (χ0n) is 12.2. The van der Waals surface area contributed by atoms with Gasteiger partial charge in [-0.1, -0.05) is 11.8 Å². The first-order chi connectivity index (χ1) is 10.1. The minimum absolute atomic E-state index is 0.115. The van der Waals surface area contributed by atoms with Crippen LogP contribution in [-0.4, -0.2) is 36.9 Å². The van der Waals surface area contributed by atoms with Gasteiger partial charge >= 0.3 is 0 Å². The summed E-state index contributed by atoms with van der Waals surface area (Å²) in [7, 11) is 1.54. The molecule has 1 aromatic rings. The third-order valence-corrected chi connectivity index (χ3v) is 3.29. The van der Waals surface area contributed by atoms with Gasteiger partial charge in [0.25, 0.3) is 5.91 Å². The Kier molecular flexibility index (Phi) is 5.20. The SMILES string of the molecule is COc1ccc(C#CCO)cc1NC(=O)C1CCC(C)O1. The lowest BCUT2D eigenvalue weighted by atomic mass is 10.1. The fraction of sp³-hybridized carbons (Fsp3) is 0.438. The van der Waals surface area contributed by atoms with Crippen LogP contribution in [0.3, 0.4) is 0 Å². The van der Waals surface area contributed by atoms with Crippen LogP contribution in [0.4, 0.5) is 5.69 Å². The van der Waals surface area contributed by atoms with E-state index in [1.54, 1.807) is 18.2 Å². The largest absolute Gasteiger partial charge is 0.495 e. The van der Waals surface area contributed by atoms with Gasteiger partial charge in [-0.3, -0.25) is 4.79 Å². The topological polar surface area (TPSA) is 67.8 Å². The molecule has 0 bridgehead atoms. The van der Waals surface area contributed by atoms with E-state index in [1.165, 1.54) is 7.11 Å². The first-order valence-electron chi connectivity index (χ1n) is 6.88. The normalized spacial score (nSPS) is 20.5. The number of hydrogen-bond donors (Lipinski definition) is 2. The highest BCUT2D eigenvalue weighted by Crippen LogP contribution is 2.27. The third-order valence-electron chi connectivity index (χ3n) is 3.29. The molecule has 0 saturated carbocycles. The van der Waals surface area contributed by atoms with Gasteiger partial charge in [0.15, 0.2) is 0 Å². The first kappa shape index (κ1) is 15.4. The molecule has 0 spiro atoms. The van der Waals surface area contributed by atoms with Gasteiger partial charge in [0.2, 0.25) is 0 Å². The molecule has 1 heterocycles. The zero-order valence-corrected chi connectivity index (χ0v) is 12.2. The highest BCUT2D eigenvalue weighted by Gasteiger charge is 2.28. The average Bonchev–Trinajstić information content (AvgIpc) is 2.92. The van der Waals surface area contributed by atoms with E-state index in [1.807, 2.05) is 6.92 Å². The summed E-state index contributed by atoms with van der Waals surface area (Å²) in [5, 5.41) is 11.5. The Morgan fingerprint density at radius 2 is 2.33 bits per heavy atom. The lowest BCUT2D eigenvalue weighted by Crippen LogP contribution is -2.27. The van der Waals surface area contributed by atoms with Crippen molar-refractivity contribution in [2.45, 2.75) is 32.0 Å². The maximum absolute atomic E-state index is 12.2.